The molecular formula is C16H26N4O. The van der Waals surface area contributed by atoms with Crippen LogP contribution in [0.25, 0.3) is 0 Å². The first-order chi connectivity index (χ1) is 9.92. The highest BCUT2D eigenvalue weighted by atomic mass is 16.2. The highest BCUT2D eigenvalue weighted by Crippen LogP contribution is 2.27. The number of guanidine groups is 1. The Morgan fingerprint density at radius 1 is 1.29 bits per heavy atom. The second-order valence-corrected chi connectivity index (χ2v) is 5.43. The maximum Gasteiger partial charge on any atom is 0.328 e. The van der Waals surface area contributed by atoms with Crippen molar-refractivity contribution in [1.82, 2.24) is 5.32 Å². The molecule has 116 valence electrons. The van der Waals surface area contributed by atoms with Crippen LogP contribution in [0, 0.1) is 11.3 Å². The molecule has 0 fully saturated rings. The summed E-state index contributed by atoms with van der Waals surface area (Å²) in [7, 11) is 0. The van der Waals surface area contributed by atoms with Gasteiger partial charge in [0.25, 0.3) is 0 Å². The van der Waals surface area contributed by atoms with Crippen molar-refractivity contribution in [2.24, 2.45) is 11.7 Å². The van der Waals surface area contributed by atoms with Crippen LogP contribution in [0.3, 0.4) is 0 Å². The van der Waals surface area contributed by atoms with Gasteiger partial charge in [-0.05, 0) is 29.9 Å². The van der Waals surface area contributed by atoms with Gasteiger partial charge in [-0.15, -0.1) is 0 Å². The Morgan fingerprint density at radius 3 is 2.19 bits per heavy atom. The smallest absolute Gasteiger partial charge is 0.328 e. The van der Waals surface area contributed by atoms with E-state index in [1.807, 2.05) is 45.9 Å². The molecule has 5 heteroatoms. The number of nitrogens with zero attached hydrogens (tertiary/aromatic N) is 1. The second-order valence-electron chi connectivity index (χ2n) is 5.43. The summed E-state index contributed by atoms with van der Waals surface area (Å²) in [4.78, 5) is 13.7. The molecule has 1 aromatic rings. The fourth-order valence-electron chi connectivity index (χ4n) is 2.20. The summed E-state index contributed by atoms with van der Waals surface area (Å²) in [6.45, 7) is 8.66. The van der Waals surface area contributed by atoms with Crippen molar-refractivity contribution in [3.8, 4) is 0 Å². The van der Waals surface area contributed by atoms with Crippen LogP contribution in [-0.2, 0) is 12.8 Å². The molecule has 0 spiro atoms. The van der Waals surface area contributed by atoms with Crippen LogP contribution < -0.4 is 16.0 Å². The third kappa shape index (κ3) is 4.21. The maximum atomic E-state index is 12.4. The number of nitrogens with two attached hydrogens (primary N) is 1. The normalized spacial score (nSPS) is 10.5. The molecule has 0 atom stereocenters. The Bertz CT molecular complexity index is 489. The SMILES string of the molecule is CCc1cccc(CC)c1N(C(=N)N)C(=O)NCC(C)C. The first-order valence-corrected chi connectivity index (χ1v) is 7.45. The number of anilines is 1. The van der Waals surface area contributed by atoms with Crippen LogP contribution in [0.2, 0.25) is 0 Å². The predicted octanol–water partition coefficient (Wildman–Crippen LogP) is 2.88. The monoisotopic (exact) mass is 290 g/mol. The van der Waals surface area contributed by atoms with Gasteiger partial charge in [-0.2, -0.15) is 0 Å². The number of benzene rings is 1. The van der Waals surface area contributed by atoms with Crippen LogP contribution in [0.4, 0.5) is 10.5 Å². The average Bonchev–Trinajstić information content (AvgIpc) is 2.45. The van der Waals surface area contributed by atoms with Gasteiger partial charge in [0.05, 0.1) is 5.69 Å². The Kier molecular flexibility index (Phi) is 6.21. The average molecular weight is 290 g/mol. The molecule has 1 rings (SSSR count). The van der Waals surface area contributed by atoms with Crippen LogP contribution in [0.1, 0.15) is 38.8 Å². The zero-order valence-electron chi connectivity index (χ0n) is 13.4. The Morgan fingerprint density at radius 2 is 1.81 bits per heavy atom. The lowest BCUT2D eigenvalue weighted by atomic mass is 10.0. The molecule has 4 N–H and O–H groups in total. The van der Waals surface area contributed by atoms with Crippen LogP contribution in [0.15, 0.2) is 18.2 Å². The topological polar surface area (TPSA) is 82.2 Å². The van der Waals surface area contributed by atoms with E-state index in [-0.39, 0.29) is 12.0 Å². The van der Waals surface area contributed by atoms with Gasteiger partial charge in [-0.3, -0.25) is 5.41 Å². The Balaban J connectivity index is 3.22. The lowest BCUT2D eigenvalue weighted by Gasteiger charge is -2.26. The van der Waals surface area contributed by atoms with Crippen molar-refractivity contribution < 1.29 is 4.79 Å². The molecule has 0 aliphatic heterocycles. The van der Waals surface area contributed by atoms with Gasteiger partial charge in [0.1, 0.15) is 0 Å². The van der Waals surface area contributed by atoms with Gasteiger partial charge in [0, 0.05) is 6.54 Å². The zero-order valence-corrected chi connectivity index (χ0v) is 13.4. The standard InChI is InChI=1S/C16H26N4O/c1-5-12-8-7-9-13(6-2)14(12)20(15(17)18)16(21)19-10-11(3)4/h7-9,11H,5-6,10H2,1-4H3,(H3,17,18)(H,19,21). The number of hydrogen-bond acceptors (Lipinski definition) is 2. The molecule has 0 unspecified atom stereocenters. The number of para-hydroxylation sites is 1. The molecule has 0 aliphatic carbocycles. The fraction of sp³-hybridized carbons (Fsp3) is 0.500. The van der Waals surface area contributed by atoms with Gasteiger partial charge in [-0.25, -0.2) is 9.69 Å². The molecule has 1 aromatic carbocycles. The van der Waals surface area contributed by atoms with Gasteiger partial charge < -0.3 is 11.1 Å². The number of nitrogens with one attached hydrogen (secondary N) is 2. The van der Waals surface area contributed by atoms with Crippen molar-refractivity contribution in [3.05, 3.63) is 29.3 Å². The molecule has 2 amide bonds. The van der Waals surface area contributed by atoms with Crippen LogP contribution in [-0.4, -0.2) is 18.5 Å². The molecular weight excluding hydrogens is 264 g/mol. The highest BCUT2D eigenvalue weighted by molar-refractivity contribution is 6.14. The summed E-state index contributed by atoms with van der Waals surface area (Å²) in [6.07, 6.45) is 1.56. The van der Waals surface area contributed by atoms with E-state index in [9.17, 15) is 4.79 Å². The fourth-order valence-corrected chi connectivity index (χ4v) is 2.20. The maximum absolute atomic E-state index is 12.4. The molecule has 0 aliphatic rings. The van der Waals surface area contributed by atoms with Crippen LogP contribution >= 0.6 is 0 Å². The van der Waals surface area contributed by atoms with Crippen LogP contribution in [0.5, 0.6) is 0 Å². The molecule has 5 nitrogen and oxygen atoms in total. The number of aryl methyl sites for hydroxylation is 2. The number of carbonyl (C=O) groups is 1. The third-order valence-corrected chi connectivity index (χ3v) is 3.29. The minimum atomic E-state index is -0.341. The van der Waals surface area contributed by atoms with E-state index in [4.69, 9.17) is 11.1 Å². The van der Waals surface area contributed by atoms with Crippen molar-refractivity contribution in [1.29, 1.82) is 5.41 Å². The van der Waals surface area contributed by atoms with Gasteiger partial charge in [0.2, 0.25) is 5.96 Å². The van der Waals surface area contributed by atoms with Crippen molar-refractivity contribution in [2.45, 2.75) is 40.5 Å². The largest absolute Gasteiger partial charge is 0.369 e. The molecule has 0 bridgehead atoms. The summed E-state index contributed by atoms with van der Waals surface area (Å²) in [5.74, 6) is 0.0849. The Labute approximate surface area is 127 Å². The van der Waals surface area contributed by atoms with E-state index in [1.54, 1.807) is 0 Å². The molecule has 21 heavy (non-hydrogen) atoms. The van der Waals surface area contributed by atoms with E-state index in [0.717, 1.165) is 29.7 Å². The van der Waals surface area contributed by atoms with Crippen molar-refractivity contribution >= 4 is 17.7 Å². The summed E-state index contributed by atoms with van der Waals surface area (Å²) in [5, 5.41) is 10.6. The Hall–Kier alpha value is -2.04. The van der Waals surface area contributed by atoms with E-state index < -0.39 is 0 Å². The summed E-state index contributed by atoms with van der Waals surface area (Å²) < 4.78 is 0. The van der Waals surface area contributed by atoms with E-state index in [1.165, 1.54) is 4.90 Å². The van der Waals surface area contributed by atoms with Gasteiger partial charge in [-0.1, -0.05) is 45.9 Å². The second kappa shape index (κ2) is 7.67. The third-order valence-electron chi connectivity index (χ3n) is 3.29. The zero-order chi connectivity index (χ0) is 16.0. The minimum Gasteiger partial charge on any atom is -0.369 e. The van der Waals surface area contributed by atoms with Gasteiger partial charge in [0.15, 0.2) is 0 Å². The number of rotatable bonds is 5. The number of hydrogen-bond donors (Lipinski definition) is 3. The minimum absolute atomic E-state index is 0.258. The van der Waals surface area contributed by atoms with Crippen molar-refractivity contribution in [3.63, 3.8) is 0 Å². The lowest BCUT2D eigenvalue weighted by Crippen LogP contribution is -2.48. The van der Waals surface area contributed by atoms with E-state index in [2.05, 4.69) is 5.32 Å². The number of urea groups is 1. The van der Waals surface area contributed by atoms with E-state index >= 15 is 0 Å². The first-order valence-electron chi connectivity index (χ1n) is 7.45. The predicted molar refractivity (Wildman–Crippen MR) is 87.8 cm³/mol. The summed E-state index contributed by atoms with van der Waals surface area (Å²) in [6, 6.07) is 5.58. The summed E-state index contributed by atoms with van der Waals surface area (Å²) >= 11 is 0. The van der Waals surface area contributed by atoms with Gasteiger partial charge >= 0.3 is 6.03 Å². The molecule has 0 saturated carbocycles. The molecule has 0 heterocycles. The number of amides is 2. The first kappa shape index (κ1) is 17.0. The van der Waals surface area contributed by atoms with E-state index in [0.29, 0.717) is 12.5 Å². The molecule has 0 saturated heterocycles. The van der Waals surface area contributed by atoms with Crippen molar-refractivity contribution in [2.75, 3.05) is 11.4 Å². The quantitative estimate of drug-likeness (QED) is 0.575. The number of carbonyl (C=O) groups excluding carboxylic acids is 1. The lowest BCUT2D eigenvalue weighted by molar-refractivity contribution is 0.247. The summed E-state index contributed by atoms with van der Waals surface area (Å²) in [5.41, 5.74) is 8.45. The molecule has 0 radical (unpaired) electrons. The highest BCUT2D eigenvalue weighted by Gasteiger charge is 2.23. The molecule has 0 aromatic heterocycles.